The molecule has 5 nitrogen and oxygen atoms in total. The van der Waals surface area contributed by atoms with Crippen molar-refractivity contribution in [1.82, 2.24) is 9.97 Å². The van der Waals surface area contributed by atoms with Crippen LogP contribution in [0.3, 0.4) is 0 Å². The average Bonchev–Trinajstić information content (AvgIpc) is 2.30. The first-order chi connectivity index (χ1) is 8.52. The summed E-state index contributed by atoms with van der Waals surface area (Å²) in [7, 11) is 0. The first kappa shape index (κ1) is 12.3. The third kappa shape index (κ3) is 2.11. The smallest absolute Gasteiger partial charge is 0.270 e. The largest absolute Gasteiger partial charge is 0.549 e. The molecule has 1 heterocycles. The summed E-state index contributed by atoms with van der Waals surface area (Å²) >= 11 is 0. The number of aromatic amines is 1. The van der Waals surface area contributed by atoms with Crippen molar-refractivity contribution in [1.29, 1.82) is 0 Å². The van der Waals surface area contributed by atoms with Gasteiger partial charge in [0.1, 0.15) is 5.69 Å². The normalized spacial score (nSPS) is 12.6. The van der Waals surface area contributed by atoms with Gasteiger partial charge in [-0.05, 0) is 31.0 Å². The van der Waals surface area contributed by atoms with Gasteiger partial charge in [0.2, 0.25) is 0 Å². The molecule has 0 spiro atoms. The summed E-state index contributed by atoms with van der Waals surface area (Å²) in [5, 5.41) is 11.0. The minimum absolute atomic E-state index is 0.00820. The van der Waals surface area contributed by atoms with Gasteiger partial charge in [0.25, 0.3) is 5.56 Å². The predicted octanol–water partition coefficient (Wildman–Crippen LogP) is 0.475. The third-order valence-corrected chi connectivity index (χ3v) is 2.90. The van der Waals surface area contributed by atoms with E-state index < -0.39 is 17.4 Å². The lowest BCUT2D eigenvalue weighted by molar-refractivity contribution is -0.308. The number of benzene rings is 1. The topological polar surface area (TPSA) is 85.9 Å². The number of carboxylic acids is 1. The highest BCUT2D eigenvalue weighted by Gasteiger charge is 2.17. The summed E-state index contributed by atoms with van der Waals surface area (Å²) in [6, 6.07) is 5.41. The number of hydrogen-bond acceptors (Lipinski definition) is 4. The second kappa shape index (κ2) is 4.60. The van der Waals surface area contributed by atoms with Crippen molar-refractivity contribution in [3.05, 3.63) is 39.8 Å². The van der Waals surface area contributed by atoms with E-state index >= 15 is 0 Å². The summed E-state index contributed by atoms with van der Waals surface area (Å²) in [6.45, 7) is 3.59. The zero-order valence-electron chi connectivity index (χ0n) is 10.2. The maximum atomic E-state index is 11.8. The van der Waals surface area contributed by atoms with E-state index in [4.69, 9.17) is 0 Å². The zero-order valence-corrected chi connectivity index (χ0v) is 10.2. The van der Waals surface area contributed by atoms with Crippen LogP contribution in [0.1, 0.15) is 30.5 Å². The van der Waals surface area contributed by atoms with E-state index in [1.54, 1.807) is 19.1 Å². The number of fused-ring (bicyclic) bond motifs is 1. The Balaban J connectivity index is 2.66. The van der Waals surface area contributed by atoms with Crippen molar-refractivity contribution in [2.24, 2.45) is 0 Å². The summed E-state index contributed by atoms with van der Waals surface area (Å²) in [6.07, 6.45) is 0.274. The molecule has 0 saturated carbocycles. The molecule has 94 valence electrons. The molecule has 0 aliphatic heterocycles. The maximum Gasteiger partial charge on any atom is 0.270 e. The van der Waals surface area contributed by atoms with Crippen molar-refractivity contribution >= 4 is 17.0 Å². The maximum absolute atomic E-state index is 11.8. The molecule has 0 amide bonds. The molecule has 1 N–H and O–H groups in total. The van der Waals surface area contributed by atoms with E-state index in [-0.39, 0.29) is 12.1 Å². The average molecular weight is 245 g/mol. The number of nitrogens with zero attached hydrogens (tertiary/aromatic N) is 1. The minimum atomic E-state index is -1.28. The van der Waals surface area contributed by atoms with Gasteiger partial charge >= 0.3 is 0 Å². The highest BCUT2D eigenvalue weighted by Crippen LogP contribution is 2.16. The van der Waals surface area contributed by atoms with Crippen molar-refractivity contribution in [3.8, 4) is 0 Å². The van der Waals surface area contributed by atoms with Gasteiger partial charge in [0.05, 0.1) is 17.0 Å². The molecule has 0 aliphatic carbocycles. The second-order valence-electron chi connectivity index (χ2n) is 4.25. The molecule has 0 saturated heterocycles. The number of rotatable bonds is 3. The Kier molecular flexibility index (Phi) is 3.14. The lowest BCUT2D eigenvalue weighted by Crippen LogP contribution is -2.33. The van der Waals surface area contributed by atoms with Crippen molar-refractivity contribution in [2.45, 2.75) is 26.2 Å². The van der Waals surface area contributed by atoms with E-state index in [9.17, 15) is 14.7 Å². The quantitative estimate of drug-likeness (QED) is 0.851. The summed E-state index contributed by atoms with van der Waals surface area (Å²) in [5.74, 6) is -2.25. The first-order valence-electron chi connectivity index (χ1n) is 5.74. The monoisotopic (exact) mass is 245 g/mol. The Labute approximate surface area is 103 Å². The number of nitrogens with one attached hydrogen (secondary N) is 1. The van der Waals surface area contributed by atoms with E-state index in [1.165, 1.54) is 0 Å². The van der Waals surface area contributed by atoms with Crippen LogP contribution in [0, 0.1) is 6.92 Å². The number of carbonyl (C=O) groups excluding carboxylic acids is 1. The molecule has 0 radical (unpaired) electrons. The molecule has 1 atom stereocenters. The lowest BCUT2D eigenvalue weighted by Gasteiger charge is -2.14. The molecular weight excluding hydrogens is 232 g/mol. The van der Waals surface area contributed by atoms with Crippen LogP contribution >= 0.6 is 0 Å². The Hall–Kier alpha value is -2.17. The van der Waals surface area contributed by atoms with Gasteiger partial charge in [-0.2, -0.15) is 0 Å². The standard InChI is InChI=1S/C13H14N2O3/c1-3-8(13(17)18)11-12(16)15-10-6-7(2)4-5-9(10)14-11/h4-6,8H,3H2,1-2H3,(H,15,16)(H,17,18)/p-1. The van der Waals surface area contributed by atoms with Crippen LogP contribution in [0.15, 0.2) is 23.0 Å². The summed E-state index contributed by atoms with van der Waals surface area (Å²) in [4.78, 5) is 29.6. The summed E-state index contributed by atoms with van der Waals surface area (Å²) < 4.78 is 0. The first-order valence-corrected chi connectivity index (χ1v) is 5.74. The SMILES string of the molecule is CCC(C(=O)[O-])c1nc2ccc(C)cc2[nH]c1=O. The van der Waals surface area contributed by atoms with Gasteiger partial charge in [-0.3, -0.25) is 4.79 Å². The Morgan fingerprint density at radius 3 is 2.83 bits per heavy atom. The van der Waals surface area contributed by atoms with E-state index in [0.29, 0.717) is 11.0 Å². The van der Waals surface area contributed by atoms with Crippen molar-refractivity contribution in [3.63, 3.8) is 0 Å². The zero-order chi connectivity index (χ0) is 13.3. The molecular formula is C13H13N2O3-. The van der Waals surface area contributed by atoms with E-state index in [2.05, 4.69) is 9.97 Å². The molecule has 18 heavy (non-hydrogen) atoms. The molecule has 2 aromatic rings. The van der Waals surface area contributed by atoms with Gasteiger partial charge in [0.15, 0.2) is 0 Å². The number of carboxylic acid groups (broad SMARTS) is 1. The third-order valence-electron chi connectivity index (χ3n) is 2.90. The minimum Gasteiger partial charge on any atom is -0.549 e. The molecule has 0 bridgehead atoms. The van der Waals surface area contributed by atoms with Gasteiger partial charge in [-0.15, -0.1) is 0 Å². The van der Waals surface area contributed by atoms with E-state index in [1.807, 2.05) is 13.0 Å². The van der Waals surface area contributed by atoms with Crippen molar-refractivity contribution < 1.29 is 9.90 Å². The van der Waals surface area contributed by atoms with Crippen LogP contribution in [0.5, 0.6) is 0 Å². The highest BCUT2D eigenvalue weighted by atomic mass is 16.4. The molecule has 1 aromatic carbocycles. The van der Waals surface area contributed by atoms with Crippen LogP contribution in [0.2, 0.25) is 0 Å². The summed E-state index contributed by atoms with van der Waals surface area (Å²) in [5.41, 5.74) is 1.73. The number of hydrogen-bond donors (Lipinski definition) is 1. The van der Waals surface area contributed by atoms with Gasteiger partial charge in [0, 0.05) is 5.92 Å². The Morgan fingerprint density at radius 1 is 1.50 bits per heavy atom. The number of aliphatic carboxylic acids is 1. The predicted molar refractivity (Wildman–Crippen MR) is 65.1 cm³/mol. The fourth-order valence-corrected chi connectivity index (χ4v) is 1.92. The fraction of sp³-hybridized carbons (Fsp3) is 0.308. The van der Waals surface area contributed by atoms with Gasteiger partial charge in [-0.1, -0.05) is 13.0 Å². The van der Waals surface area contributed by atoms with Crippen LogP contribution < -0.4 is 10.7 Å². The van der Waals surface area contributed by atoms with Gasteiger partial charge < -0.3 is 14.9 Å². The number of H-pyrrole nitrogens is 1. The molecule has 1 unspecified atom stereocenters. The molecule has 0 aliphatic rings. The van der Waals surface area contributed by atoms with Crippen LogP contribution in [-0.4, -0.2) is 15.9 Å². The fourth-order valence-electron chi connectivity index (χ4n) is 1.92. The molecule has 1 aromatic heterocycles. The van der Waals surface area contributed by atoms with Gasteiger partial charge in [-0.25, -0.2) is 4.98 Å². The second-order valence-corrected chi connectivity index (χ2v) is 4.25. The Bertz CT molecular complexity index is 661. The number of aromatic nitrogens is 2. The molecule has 0 fully saturated rings. The van der Waals surface area contributed by atoms with Crippen LogP contribution in [0.25, 0.3) is 11.0 Å². The van der Waals surface area contributed by atoms with Crippen molar-refractivity contribution in [2.75, 3.05) is 0 Å². The molecule has 5 heteroatoms. The Morgan fingerprint density at radius 2 is 2.22 bits per heavy atom. The highest BCUT2D eigenvalue weighted by molar-refractivity contribution is 5.77. The van der Waals surface area contributed by atoms with E-state index in [0.717, 1.165) is 5.56 Å². The van der Waals surface area contributed by atoms with Crippen LogP contribution in [-0.2, 0) is 4.79 Å². The number of aryl methyl sites for hydroxylation is 1. The lowest BCUT2D eigenvalue weighted by atomic mass is 10.0. The van der Waals surface area contributed by atoms with Crippen LogP contribution in [0.4, 0.5) is 0 Å². The molecule has 2 rings (SSSR count). The number of carbonyl (C=O) groups is 1.